The molecule has 0 bridgehead atoms. The highest BCUT2D eigenvalue weighted by molar-refractivity contribution is 5.92. The fraction of sp³-hybridized carbons (Fsp3) is 0.292. The van der Waals surface area contributed by atoms with Gasteiger partial charge in [-0.05, 0) is 55.3 Å². The smallest absolute Gasteiger partial charge is 0.272 e. The first-order valence-electron chi connectivity index (χ1n) is 10.1. The van der Waals surface area contributed by atoms with Crippen molar-refractivity contribution < 1.29 is 14.3 Å². The highest BCUT2D eigenvalue weighted by Gasteiger charge is 2.35. The predicted molar refractivity (Wildman–Crippen MR) is 115 cm³/mol. The summed E-state index contributed by atoms with van der Waals surface area (Å²) in [7, 11) is 0. The summed E-state index contributed by atoms with van der Waals surface area (Å²) in [4.78, 5) is 31.3. The molecule has 6 nitrogen and oxygen atoms in total. The summed E-state index contributed by atoms with van der Waals surface area (Å²) in [5.74, 6) is 0.332. The number of hydrogen-bond acceptors (Lipinski definition) is 4. The molecule has 1 atom stereocenters. The Morgan fingerprint density at radius 3 is 2.60 bits per heavy atom. The van der Waals surface area contributed by atoms with Gasteiger partial charge in [0.15, 0.2) is 5.60 Å². The number of rotatable bonds is 5. The van der Waals surface area contributed by atoms with Gasteiger partial charge in [-0.25, -0.2) is 0 Å². The van der Waals surface area contributed by atoms with Crippen LogP contribution in [0.2, 0.25) is 0 Å². The highest BCUT2D eigenvalue weighted by atomic mass is 16.5. The van der Waals surface area contributed by atoms with E-state index >= 15 is 0 Å². The van der Waals surface area contributed by atoms with Crippen LogP contribution in [0.1, 0.15) is 30.8 Å². The maximum atomic E-state index is 12.9. The molecule has 3 aromatic rings. The summed E-state index contributed by atoms with van der Waals surface area (Å²) in [6, 6.07) is 19.0. The molecule has 1 unspecified atom stereocenters. The lowest BCUT2D eigenvalue weighted by molar-refractivity contribution is -0.134. The van der Waals surface area contributed by atoms with E-state index in [4.69, 9.17) is 4.74 Å². The lowest BCUT2D eigenvalue weighted by Gasteiger charge is -2.27. The number of carbonyl (C=O) groups excluding carboxylic acids is 2. The zero-order chi connectivity index (χ0) is 21.1. The van der Waals surface area contributed by atoms with Crippen LogP contribution >= 0.6 is 0 Å². The number of pyridine rings is 1. The second-order valence-corrected chi connectivity index (χ2v) is 8.05. The summed E-state index contributed by atoms with van der Waals surface area (Å²) in [5.41, 5.74) is -0.620. The van der Waals surface area contributed by atoms with Gasteiger partial charge in [0.25, 0.3) is 11.8 Å². The molecule has 1 aliphatic rings. The van der Waals surface area contributed by atoms with Gasteiger partial charge in [-0.2, -0.15) is 0 Å². The number of amides is 2. The Balaban J connectivity index is 1.37. The molecule has 1 saturated heterocycles. The fourth-order valence-electron chi connectivity index (χ4n) is 3.64. The molecule has 2 heterocycles. The third-order valence-electron chi connectivity index (χ3n) is 5.34. The quantitative estimate of drug-likeness (QED) is 0.709. The van der Waals surface area contributed by atoms with Gasteiger partial charge >= 0.3 is 0 Å². The molecule has 154 valence electrons. The first kappa shape index (κ1) is 19.9. The Labute approximate surface area is 175 Å². The molecule has 1 N–H and O–H groups in total. The number of aromatic nitrogens is 1. The molecule has 0 saturated carbocycles. The van der Waals surface area contributed by atoms with Crippen molar-refractivity contribution in [3.63, 3.8) is 0 Å². The SMILES string of the molecule is CC(C)(Oc1ccc2ccccc2c1)C(=O)NC1CCN(C(=O)c2ccccn2)C1. The number of likely N-dealkylation sites (tertiary alicyclic amines) is 1. The van der Waals surface area contributed by atoms with Gasteiger partial charge < -0.3 is 15.0 Å². The largest absolute Gasteiger partial charge is 0.478 e. The van der Waals surface area contributed by atoms with Crippen molar-refractivity contribution in [2.45, 2.75) is 31.9 Å². The Hall–Kier alpha value is -3.41. The zero-order valence-electron chi connectivity index (χ0n) is 17.2. The minimum absolute atomic E-state index is 0.107. The maximum absolute atomic E-state index is 12.9. The first-order valence-corrected chi connectivity index (χ1v) is 10.1. The van der Waals surface area contributed by atoms with Gasteiger partial charge in [0.1, 0.15) is 11.4 Å². The second kappa shape index (κ2) is 8.14. The summed E-state index contributed by atoms with van der Waals surface area (Å²) >= 11 is 0. The van der Waals surface area contributed by atoms with E-state index < -0.39 is 5.60 Å². The number of hydrogen-bond donors (Lipinski definition) is 1. The van der Waals surface area contributed by atoms with Crippen molar-refractivity contribution in [3.8, 4) is 5.75 Å². The van der Waals surface area contributed by atoms with Crippen molar-refractivity contribution in [1.29, 1.82) is 0 Å². The number of benzene rings is 2. The van der Waals surface area contributed by atoms with Crippen LogP contribution in [0.25, 0.3) is 10.8 Å². The van der Waals surface area contributed by atoms with Crippen LogP contribution in [0.15, 0.2) is 66.9 Å². The predicted octanol–water partition coefficient (Wildman–Crippen LogP) is 3.42. The summed E-state index contributed by atoms with van der Waals surface area (Å²) < 4.78 is 6.02. The molecule has 1 aliphatic heterocycles. The van der Waals surface area contributed by atoms with Crippen LogP contribution in [0.5, 0.6) is 5.75 Å². The minimum atomic E-state index is -1.04. The molecule has 0 spiro atoms. The van der Waals surface area contributed by atoms with E-state index in [0.717, 1.165) is 10.8 Å². The van der Waals surface area contributed by atoms with Crippen LogP contribution in [0.3, 0.4) is 0 Å². The molecule has 30 heavy (non-hydrogen) atoms. The highest BCUT2D eigenvalue weighted by Crippen LogP contribution is 2.24. The van der Waals surface area contributed by atoms with Crippen LogP contribution in [0, 0.1) is 0 Å². The van der Waals surface area contributed by atoms with E-state index in [-0.39, 0.29) is 17.9 Å². The van der Waals surface area contributed by atoms with Gasteiger partial charge in [-0.15, -0.1) is 0 Å². The molecule has 2 amide bonds. The standard InChI is InChI=1S/C24H25N3O3/c1-24(2,30-20-11-10-17-7-3-4-8-18(17)15-20)23(29)26-19-12-14-27(16-19)22(28)21-9-5-6-13-25-21/h3-11,13,15,19H,12,14,16H2,1-2H3,(H,26,29). The molecule has 0 aliphatic carbocycles. The summed E-state index contributed by atoms with van der Waals surface area (Å²) in [6.07, 6.45) is 2.31. The van der Waals surface area contributed by atoms with Gasteiger partial charge in [0.05, 0.1) is 0 Å². The van der Waals surface area contributed by atoms with E-state index in [1.54, 1.807) is 43.1 Å². The summed E-state index contributed by atoms with van der Waals surface area (Å²) in [6.45, 7) is 4.56. The van der Waals surface area contributed by atoms with Crippen molar-refractivity contribution in [2.75, 3.05) is 13.1 Å². The molecule has 0 radical (unpaired) electrons. The first-order chi connectivity index (χ1) is 14.4. The van der Waals surface area contributed by atoms with Crippen molar-refractivity contribution in [2.24, 2.45) is 0 Å². The average Bonchev–Trinajstić information content (AvgIpc) is 3.22. The molecule has 6 heteroatoms. The monoisotopic (exact) mass is 403 g/mol. The van der Waals surface area contributed by atoms with Gasteiger partial charge in [-0.3, -0.25) is 14.6 Å². The number of ether oxygens (including phenoxy) is 1. The van der Waals surface area contributed by atoms with Crippen molar-refractivity contribution in [3.05, 3.63) is 72.6 Å². The van der Waals surface area contributed by atoms with E-state index in [1.807, 2.05) is 42.5 Å². The number of carbonyl (C=O) groups is 2. The minimum Gasteiger partial charge on any atom is -0.478 e. The fourth-order valence-corrected chi connectivity index (χ4v) is 3.64. The third kappa shape index (κ3) is 4.27. The molecule has 4 rings (SSSR count). The molecule has 1 fully saturated rings. The summed E-state index contributed by atoms with van der Waals surface area (Å²) in [5, 5.41) is 5.22. The second-order valence-electron chi connectivity index (χ2n) is 8.05. The number of nitrogens with one attached hydrogen (secondary N) is 1. The van der Waals surface area contributed by atoms with E-state index in [1.165, 1.54) is 0 Å². The van der Waals surface area contributed by atoms with Gasteiger partial charge in [0.2, 0.25) is 0 Å². The Bertz CT molecular complexity index is 1070. The molecule has 1 aromatic heterocycles. The molecule has 2 aromatic carbocycles. The number of fused-ring (bicyclic) bond motifs is 1. The average molecular weight is 403 g/mol. The van der Waals surface area contributed by atoms with E-state index in [0.29, 0.717) is 31.0 Å². The zero-order valence-corrected chi connectivity index (χ0v) is 17.2. The van der Waals surface area contributed by atoms with Gasteiger partial charge in [0, 0.05) is 25.3 Å². The van der Waals surface area contributed by atoms with Crippen LogP contribution in [0.4, 0.5) is 0 Å². The van der Waals surface area contributed by atoms with Crippen LogP contribution in [-0.2, 0) is 4.79 Å². The normalized spacial score (nSPS) is 16.5. The lowest BCUT2D eigenvalue weighted by atomic mass is 10.1. The lowest BCUT2D eigenvalue weighted by Crippen LogP contribution is -2.50. The molecular weight excluding hydrogens is 378 g/mol. The van der Waals surface area contributed by atoms with Gasteiger partial charge in [-0.1, -0.05) is 36.4 Å². The maximum Gasteiger partial charge on any atom is 0.272 e. The molecular formula is C24H25N3O3. The third-order valence-corrected chi connectivity index (χ3v) is 5.34. The van der Waals surface area contributed by atoms with Crippen LogP contribution in [-0.4, -0.2) is 46.4 Å². The Morgan fingerprint density at radius 1 is 1.07 bits per heavy atom. The van der Waals surface area contributed by atoms with Crippen molar-refractivity contribution in [1.82, 2.24) is 15.2 Å². The van der Waals surface area contributed by atoms with E-state index in [9.17, 15) is 9.59 Å². The number of nitrogens with zero attached hydrogens (tertiary/aromatic N) is 2. The Kier molecular flexibility index (Phi) is 5.40. The van der Waals surface area contributed by atoms with Crippen molar-refractivity contribution >= 4 is 22.6 Å². The topological polar surface area (TPSA) is 71.5 Å². The van der Waals surface area contributed by atoms with E-state index in [2.05, 4.69) is 10.3 Å². The Morgan fingerprint density at radius 2 is 1.83 bits per heavy atom. The van der Waals surface area contributed by atoms with Crippen LogP contribution < -0.4 is 10.1 Å².